The molecule has 0 bridgehead atoms. The van der Waals surface area contributed by atoms with Crippen molar-refractivity contribution in [3.8, 4) is 0 Å². The van der Waals surface area contributed by atoms with Crippen LogP contribution < -0.4 is 0 Å². The summed E-state index contributed by atoms with van der Waals surface area (Å²) in [6, 6.07) is 8.03. The first-order valence-electron chi connectivity index (χ1n) is 6.57. The summed E-state index contributed by atoms with van der Waals surface area (Å²) in [7, 11) is 0. The lowest BCUT2D eigenvalue weighted by Gasteiger charge is -2.25. The van der Waals surface area contributed by atoms with Crippen LogP contribution in [-0.2, 0) is 0 Å². The van der Waals surface area contributed by atoms with Crippen LogP contribution in [0.3, 0.4) is 0 Å². The first kappa shape index (κ1) is 12.3. The van der Waals surface area contributed by atoms with Gasteiger partial charge in [0, 0.05) is 5.56 Å². The molecule has 1 heterocycles. The van der Waals surface area contributed by atoms with Gasteiger partial charge in [-0.15, -0.1) is 0 Å². The summed E-state index contributed by atoms with van der Waals surface area (Å²) in [5.74, 6) is 0.290. The molecule has 0 saturated carbocycles. The van der Waals surface area contributed by atoms with Crippen LogP contribution in [0, 0.1) is 6.92 Å². The van der Waals surface area contributed by atoms with Crippen LogP contribution in [0.2, 0.25) is 0 Å². The molecular weight excluding hydrogens is 210 g/mol. The molecule has 1 saturated heterocycles. The molecule has 0 N–H and O–H groups in total. The van der Waals surface area contributed by atoms with E-state index < -0.39 is 0 Å². The summed E-state index contributed by atoms with van der Waals surface area (Å²) in [6.07, 6.45) is 3.38. The standard InChI is InChI=1S/C15H21NO/c1-3-14(16-9-4-5-10-16)15(17)13-8-6-7-12(2)11-13/h6-8,11,14H,3-5,9-10H2,1-2H3/t14-/m1/s1. The monoisotopic (exact) mass is 231 g/mol. The first-order valence-corrected chi connectivity index (χ1v) is 6.57. The number of aryl methyl sites for hydroxylation is 1. The molecule has 1 atom stereocenters. The predicted octanol–water partition coefficient (Wildman–Crippen LogP) is 3.05. The van der Waals surface area contributed by atoms with Crippen molar-refractivity contribution in [2.45, 2.75) is 39.2 Å². The zero-order valence-electron chi connectivity index (χ0n) is 10.8. The highest BCUT2D eigenvalue weighted by atomic mass is 16.1. The highest BCUT2D eigenvalue weighted by molar-refractivity contribution is 6.00. The lowest BCUT2D eigenvalue weighted by atomic mass is 9.99. The van der Waals surface area contributed by atoms with Crippen molar-refractivity contribution in [1.82, 2.24) is 4.90 Å². The van der Waals surface area contributed by atoms with E-state index in [9.17, 15) is 4.79 Å². The molecule has 2 nitrogen and oxygen atoms in total. The van der Waals surface area contributed by atoms with Crippen molar-refractivity contribution in [3.05, 3.63) is 35.4 Å². The fourth-order valence-electron chi connectivity index (χ4n) is 2.65. The number of hydrogen-bond donors (Lipinski definition) is 0. The number of likely N-dealkylation sites (tertiary alicyclic amines) is 1. The van der Waals surface area contributed by atoms with Gasteiger partial charge >= 0.3 is 0 Å². The maximum atomic E-state index is 12.5. The van der Waals surface area contributed by atoms with E-state index in [4.69, 9.17) is 0 Å². The number of carbonyl (C=O) groups is 1. The number of carbonyl (C=O) groups excluding carboxylic acids is 1. The summed E-state index contributed by atoms with van der Waals surface area (Å²) in [5.41, 5.74) is 2.02. The van der Waals surface area contributed by atoms with Crippen molar-refractivity contribution >= 4 is 5.78 Å². The zero-order valence-corrected chi connectivity index (χ0v) is 10.8. The zero-order chi connectivity index (χ0) is 12.3. The Morgan fingerprint density at radius 1 is 1.35 bits per heavy atom. The molecule has 1 aromatic carbocycles. The minimum absolute atomic E-state index is 0.0827. The molecule has 1 fully saturated rings. The number of ketones is 1. The Bertz CT molecular complexity index is 394. The molecule has 0 aromatic heterocycles. The summed E-state index contributed by atoms with van der Waals surface area (Å²) in [5, 5.41) is 0. The number of Topliss-reactive ketones (excluding diaryl/α,β-unsaturated/α-hetero) is 1. The molecular formula is C15H21NO. The molecule has 1 aromatic rings. The smallest absolute Gasteiger partial charge is 0.179 e. The van der Waals surface area contributed by atoms with Gasteiger partial charge in [-0.2, -0.15) is 0 Å². The van der Waals surface area contributed by atoms with E-state index in [2.05, 4.69) is 11.8 Å². The molecule has 1 aliphatic rings. The van der Waals surface area contributed by atoms with Crippen molar-refractivity contribution in [3.63, 3.8) is 0 Å². The van der Waals surface area contributed by atoms with Crippen molar-refractivity contribution < 1.29 is 4.79 Å². The van der Waals surface area contributed by atoms with E-state index in [0.29, 0.717) is 0 Å². The van der Waals surface area contributed by atoms with Crippen LogP contribution in [-0.4, -0.2) is 29.8 Å². The van der Waals surface area contributed by atoms with Crippen LogP contribution in [0.4, 0.5) is 0 Å². The molecule has 0 unspecified atom stereocenters. The molecule has 17 heavy (non-hydrogen) atoms. The second-order valence-electron chi connectivity index (χ2n) is 4.90. The fraction of sp³-hybridized carbons (Fsp3) is 0.533. The third-order valence-electron chi connectivity index (χ3n) is 3.57. The predicted molar refractivity (Wildman–Crippen MR) is 70.4 cm³/mol. The van der Waals surface area contributed by atoms with Gasteiger partial charge in [-0.05, 0) is 45.3 Å². The highest BCUT2D eigenvalue weighted by Crippen LogP contribution is 2.18. The summed E-state index contributed by atoms with van der Waals surface area (Å²) >= 11 is 0. The Hall–Kier alpha value is -1.15. The summed E-state index contributed by atoms with van der Waals surface area (Å²) in [4.78, 5) is 14.8. The molecule has 0 spiro atoms. The second kappa shape index (κ2) is 5.46. The van der Waals surface area contributed by atoms with E-state index in [1.807, 2.05) is 31.2 Å². The topological polar surface area (TPSA) is 20.3 Å². The summed E-state index contributed by atoms with van der Waals surface area (Å²) < 4.78 is 0. The SMILES string of the molecule is CC[C@H](C(=O)c1cccc(C)c1)N1CCCC1. The van der Waals surface area contributed by atoms with E-state index >= 15 is 0 Å². The Kier molecular flexibility index (Phi) is 3.95. The molecule has 2 rings (SSSR count). The van der Waals surface area contributed by atoms with Crippen LogP contribution in [0.15, 0.2) is 24.3 Å². The fourth-order valence-corrected chi connectivity index (χ4v) is 2.65. The number of nitrogens with zero attached hydrogens (tertiary/aromatic N) is 1. The average Bonchev–Trinajstić information content (AvgIpc) is 2.83. The average molecular weight is 231 g/mol. The number of benzene rings is 1. The van der Waals surface area contributed by atoms with E-state index in [0.717, 1.165) is 30.6 Å². The Morgan fingerprint density at radius 3 is 2.65 bits per heavy atom. The largest absolute Gasteiger partial charge is 0.293 e. The van der Waals surface area contributed by atoms with Crippen molar-refractivity contribution in [2.24, 2.45) is 0 Å². The van der Waals surface area contributed by atoms with Gasteiger partial charge in [0.2, 0.25) is 0 Å². The molecule has 0 radical (unpaired) electrons. The van der Waals surface area contributed by atoms with Gasteiger partial charge in [0.15, 0.2) is 5.78 Å². The molecule has 2 heteroatoms. The summed E-state index contributed by atoms with van der Waals surface area (Å²) in [6.45, 7) is 6.30. The van der Waals surface area contributed by atoms with E-state index in [1.165, 1.54) is 12.8 Å². The van der Waals surface area contributed by atoms with Crippen molar-refractivity contribution in [1.29, 1.82) is 0 Å². The van der Waals surface area contributed by atoms with Gasteiger partial charge in [-0.1, -0.05) is 30.7 Å². The normalized spacial score (nSPS) is 18.2. The molecule has 1 aliphatic heterocycles. The molecule has 0 aliphatic carbocycles. The van der Waals surface area contributed by atoms with E-state index in [-0.39, 0.29) is 11.8 Å². The van der Waals surface area contributed by atoms with Gasteiger partial charge < -0.3 is 0 Å². The number of hydrogen-bond acceptors (Lipinski definition) is 2. The lowest BCUT2D eigenvalue weighted by molar-refractivity contribution is 0.0844. The minimum Gasteiger partial charge on any atom is -0.293 e. The maximum absolute atomic E-state index is 12.5. The molecule has 0 amide bonds. The Labute approximate surface area is 104 Å². The highest BCUT2D eigenvalue weighted by Gasteiger charge is 2.27. The van der Waals surface area contributed by atoms with Gasteiger partial charge in [-0.3, -0.25) is 9.69 Å². The maximum Gasteiger partial charge on any atom is 0.179 e. The first-order chi connectivity index (χ1) is 8.22. The third-order valence-corrected chi connectivity index (χ3v) is 3.57. The van der Waals surface area contributed by atoms with Crippen LogP contribution in [0.25, 0.3) is 0 Å². The Balaban J connectivity index is 2.16. The quantitative estimate of drug-likeness (QED) is 0.742. The van der Waals surface area contributed by atoms with Crippen LogP contribution >= 0.6 is 0 Å². The molecule has 92 valence electrons. The lowest BCUT2D eigenvalue weighted by Crippen LogP contribution is -2.38. The second-order valence-corrected chi connectivity index (χ2v) is 4.90. The number of rotatable bonds is 4. The van der Waals surface area contributed by atoms with Gasteiger partial charge in [-0.25, -0.2) is 0 Å². The van der Waals surface area contributed by atoms with Crippen molar-refractivity contribution in [2.75, 3.05) is 13.1 Å². The third kappa shape index (κ3) is 2.75. The van der Waals surface area contributed by atoms with E-state index in [1.54, 1.807) is 0 Å². The Morgan fingerprint density at radius 2 is 2.06 bits per heavy atom. The van der Waals surface area contributed by atoms with Gasteiger partial charge in [0.25, 0.3) is 0 Å². The van der Waals surface area contributed by atoms with Gasteiger partial charge in [0.1, 0.15) is 0 Å². The van der Waals surface area contributed by atoms with Crippen LogP contribution in [0.1, 0.15) is 42.1 Å². The minimum atomic E-state index is 0.0827. The van der Waals surface area contributed by atoms with Crippen LogP contribution in [0.5, 0.6) is 0 Å². The van der Waals surface area contributed by atoms with Gasteiger partial charge in [0.05, 0.1) is 6.04 Å².